The van der Waals surface area contributed by atoms with Gasteiger partial charge in [-0.05, 0) is 56.6 Å². The second-order valence-corrected chi connectivity index (χ2v) is 7.16. The van der Waals surface area contributed by atoms with Gasteiger partial charge in [0.2, 0.25) is 5.91 Å². The zero-order chi connectivity index (χ0) is 18.5. The van der Waals surface area contributed by atoms with Crippen LogP contribution in [0.5, 0.6) is 0 Å². The highest BCUT2D eigenvalue weighted by molar-refractivity contribution is 7.18. The molecule has 2 heterocycles. The number of amides is 1. The molecule has 1 aromatic heterocycles. The molecule has 5 nitrogen and oxygen atoms in total. The van der Waals surface area contributed by atoms with E-state index in [2.05, 4.69) is 10.2 Å². The van der Waals surface area contributed by atoms with Crippen molar-refractivity contribution in [3.05, 3.63) is 41.0 Å². The number of benzene rings is 1. The number of halogens is 1. The van der Waals surface area contributed by atoms with Gasteiger partial charge in [0.05, 0.1) is 18.8 Å². The molecule has 3 rings (SSSR count). The number of hydrogen-bond donors (Lipinski definition) is 1. The Labute approximate surface area is 155 Å². The molecule has 0 spiro atoms. The molecule has 1 aromatic carbocycles. The van der Waals surface area contributed by atoms with Crippen LogP contribution in [0.2, 0.25) is 0 Å². The van der Waals surface area contributed by atoms with Crippen molar-refractivity contribution in [2.45, 2.75) is 19.8 Å². The van der Waals surface area contributed by atoms with Crippen LogP contribution in [-0.4, -0.2) is 43.0 Å². The lowest BCUT2D eigenvalue weighted by Gasteiger charge is -2.14. The van der Waals surface area contributed by atoms with Gasteiger partial charge in [-0.3, -0.25) is 9.69 Å². The third kappa shape index (κ3) is 4.47. The number of anilines is 1. The van der Waals surface area contributed by atoms with E-state index in [1.165, 1.54) is 23.5 Å². The van der Waals surface area contributed by atoms with E-state index in [4.69, 9.17) is 4.74 Å². The van der Waals surface area contributed by atoms with Crippen molar-refractivity contribution in [2.24, 2.45) is 0 Å². The van der Waals surface area contributed by atoms with E-state index in [1.807, 2.05) is 0 Å². The predicted octanol–water partition coefficient (Wildman–Crippen LogP) is 3.77. The maximum atomic E-state index is 13.1. The Balaban J connectivity index is 1.82. The van der Waals surface area contributed by atoms with Gasteiger partial charge < -0.3 is 10.1 Å². The van der Waals surface area contributed by atoms with Gasteiger partial charge in [0.15, 0.2) is 0 Å². The topological polar surface area (TPSA) is 58.6 Å². The smallest absolute Gasteiger partial charge is 0.350 e. The Morgan fingerprint density at radius 3 is 2.58 bits per heavy atom. The lowest BCUT2D eigenvalue weighted by Crippen LogP contribution is -2.31. The molecule has 0 unspecified atom stereocenters. The third-order valence-electron chi connectivity index (χ3n) is 4.16. The Morgan fingerprint density at radius 2 is 1.92 bits per heavy atom. The maximum Gasteiger partial charge on any atom is 0.350 e. The van der Waals surface area contributed by atoms with Gasteiger partial charge >= 0.3 is 5.97 Å². The lowest BCUT2D eigenvalue weighted by molar-refractivity contribution is -0.117. The normalized spacial score (nSPS) is 14.4. The molecule has 0 bridgehead atoms. The third-order valence-corrected chi connectivity index (χ3v) is 5.33. The summed E-state index contributed by atoms with van der Waals surface area (Å²) in [6, 6.07) is 7.76. The highest BCUT2D eigenvalue weighted by Gasteiger charge is 2.21. The molecule has 0 atom stereocenters. The van der Waals surface area contributed by atoms with Crippen LogP contribution in [0.4, 0.5) is 10.1 Å². The molecule has 0 saturated carbocycles. The fourth-order valence-electron chi connectivity index (χ4n) is 2.92. The zero-order valence-electron chi connectivity index (χ0n) is 14.6. The lowest BCUT2D eigenvalue weighted by atomic mass is 10.2. The van der Waals surface area contributed by atoms with E-state index >= 15 is 0 Å². The second kappa shape index (κ2) is 8.42. The summed E-state index contributed by atoms with van der Waals surface area (Å²) in [4.78, 5) is 27.8. The first-order valence-electron chi connectivity index (χ1n) is 8.66. The largest absolute Gasteiger partial charge is 0.462 e. The number of hydrogen-bond acceptors (Lipinski definition) is 5. The number of esters is 1. The summed E-state index contributed by atoms with van der Waals surface area (Å²) in [6.45, 7) is 4.14. The van der Waals surface area contributed by atoms with Crippen LogP contribution in [-0.2, 0) is 9.53 Å². The van der Waals surface area contributed by atoms with Crippen molar-refractivity contribution in [2.75, 3.05) is 31.6 Å². The number of rotatable bonds is 6. The van der Waals surface area contributed by atoms with E-state index in [-0.39, 0.29) is 18.3 Å². The first-order chi connectivity index (χ1) is 12.6. The van der Waals surface area contributed by atoms with Crippen LogP contribution in [0.15, 0.2) is 30.3 Å². The highest BCUT2D eigenvalue weighted by Crippen LogP contribution is 2.35. The van der Waals surface area contributed by atoms with E-state index in [9.17, 15) is 14.0 Å². The summed E-state index contributed by atoms with van der Waals surface area (Å²) >= 11 is 1.23. The monoisotopic (exact) mass is 376 g/mol. The van der Waals surface area contributed by atoms with Gasteiger partial charge in [0.25, 0.3) is 0 Å². The number of carbonyl (C=O) groups excluding carboxylic acids is 2. The summed E-state index contributed by atoms with van der Waals surface area (Å²) in [5.41, 5.74) is 1.22. The number of nitrogens with zero attached hydrogens (tertiary/aromatic N) is 1. The molecule has 7 heteroatoms. The number of ether oxygens (including phenoxy) is 1. The summed E-state index contributed by atoms with van der Waals surface area (Å²) in [6.07, 6.45) is 2.21. The standard InChI is InChI=1S/C19H21FN2O3S/c1-2-25-19(24)18-15(21-17(23)12-22-9-3-4-10-22)11-16(26-18)13-5-7-14(20)8-6-13/h5-8,11H,2-4,9-10,12H2,1H3,(H,21,23). The van der Waals surface area contributed by atoms with E-state index in [0.29, 0.717) is 17.1 Å². The molecular weight excluding hydrogens is 355 g/mol. The van der Waals surface area contributed by atoms with Crippen LogP contribution >= 0.6 is 11.3 Å². The molecule has 2 aromatic rings. The molecule has 0 radical (unpaired) electrons. The fraction of sp³-hybridized carbons (Fsp3) is 0.368. The minimum absolute atomic E-state index is 0.152. The molecule has 26 heavy (non-hydrogen) atoms. The predicted molar refractivity (Wildman–Crippen MR) is 100.0 cm³/mol. The Hall–Kier alpha value is -2.25. The van der Waals surface area contributed by atoms with Crippen molar-refractivity contribution in [1.82, 2.24) is 4.90 Å². The number of thiophene rings is 1. The average Bonchev–Trinajstić information content (AvgIpc) is 3.26. The molecule has 1 aliphatic rings. The molecular formula is C19H21FN2O3S. The van der Waals surface area contributed by atoms with E-state index in [1.54, 1.807) is 25.1 Å². The number of carbonyl (C=O) groups is 2. The molecule has 1 amide bonds. The number of likely N-dealkylation sites (tertiary alicyclic amines) is 1. The van der Waals surface area contributed by atoms with Gasteiger partial charge in [-0.15, -0.1) is 11.3 Å². The molecule has 138 valence electrons. The first kappa shape index (κ1) is 18.5. The maximum absolute atomic E-state index is 13.1. The minimum atomic E-state index is -0.470. The van der Waals surface area contributed by atoms with Crippen LogP contribution in [0, 0.1) is 5.82 Å². The van der Waals surface area contributed by atoms with Crippen LogP contribution < -0.4 is 5.32 Å². The van der Waals surface area contributed by atoms with Crippen molar-refractivity contribution in [3.63, 3.8) is 0 Å². The van der Waals surface area contributed by atoms with Crippen LogP contribution in [0.25, 0.3) is 10.4 Å². The summed E-state index contributed by atoms with van der Waals surface area (Å²) in [5, 5.41) is 2.83. The summed E-state index contributed by atoms with van der Waals surface area (Å²) in [5.74, 6) is -0.946. The fourth-order valence-corrected chi connectivity index (χ4v) is 3.93. The molecule has 1 fully saturated rings. The molecule has 1 aliphatic heterocycles. The van der Waals surface area contributed by atoms with Gasteiger partial charge in [-0.2, -0.15) is 0 Å². The molecule has 1 N–H and O–H groups in total. The van der Waals surface area contributed by atoms with E-state index in [0.717, 1.165) is 36.4 Å². The number of nitrogens with one attached hydrogen (secondary N) is 1. The van der Waals surface area contributed by atoms with Gasteiger partial charge in [-0.1, -0.05) is 12.1 Å². The summed E-state index contributed by atoms with van der Waals surface area (Å²) in [7, 11) is 0. The Kier molecular flexibility index (Phi) is 6.00. The van der Waals surface area contributed by atoms with E-state index < -0.39 is 5.97 Å². The van der Waals surface area contributed by atoms with Crippen molar-refractivity contribution in [1.29, 1.82) is 0 Å². The average molecular weight is 376 g/mol. The van der Waals surface area contributed by atoms with Crippen molar-refractivity contribution < 1.29 is 18.7 Å². The Bertz CT molecular complexity index is 783. The quantitative estimate of drug-likeness (QED) is 0.780. The summed E-state index contributed by atoms with van der Waals surface area (Å²) < 4.78 is 18.3. The first-order valence-corrected chi connectivity index (χ1v) is 9.47. The minimum Gasteiger partial charge on any atom is -0.462 e. The van der Waals surface area contributed by atoms with Gasteiger partial charge in [0, 0.05) is 4.88 Å². The molecule has 0 aliphatic carbocycles. The zero-order valence-corrected chi connectivity index (χ0v) is 15.4. The Morgan fingerprint density at radius 1 is 1.23 bits per heavy atom. The van der Waals surface area contributed by atoms with Gasteiger partial charge in [-0.25, -0.2) is 9.18 Å². The van der Waals surface area contributed by atoms with Crippen LogP contribution in [0.3, 0.4) is 0 Å². The molecule has 1 saturated heterocycles. The van der Waals surface area contributed by atoms with Crippen molar-refractivity contribution in [3.8, 4) is 10.4 Å². The van der Waals surface area contributed by atoms with Gasteiger partial charge in [0.1, 0.15) is 10.7 Å². The van der Waals surface area contributed by atoms with Crippen LogP contribution in [0.1, 0.15) is 29.4 Å². The SMILES string of the molecule is CCOC(=O)c1sc(-c2ccc(F)cc2)cc1NC(=O)CN1CCCC1. The van der Waals surface area contributed by atoms with Crippen molar-refractivity contribution >= 4 is 28.9 Å². The second-order valence-electron chi connectivity index (χ2n) is 6.11. The highest BCUT2D eigenvalue weighted by atomic mass is 32.1.